The Labute approximate surface area is 199 Å². The van der Waals surface area contributed by atoms with E-state index in [1.165, 1.54) is 14.2 Å². The first-order valence-electron chi connectivity index (χ1n) is 11.3. The summed E-state index contributed by atoms with van der Waals surface area (Å²) in [6.45, 7) is 4.32. The first-order chi connectivity index (χ1) is 16.6. The number of benzene rings is 2. The Morgan fingerprint density at radius 2 is 1.68 bits per heavy atom. The summed E-state index contributed by atoms with van der Waals surface area (Å²) in [6.07, 6.45) is 1.91. The molecule has 0 unspecified atom stereocenters. The van der Waals surface area contributed by atoms with Gasteiger partial charge in [-0.2, -0.15) is 0 Å². The standard InChI is InChI=1S/C27H29N3O4/c1-33-25-8-4-3-7-22(25)24(31)18-21-11-10-20(17-23(21)27(32)34-2)19-29-13-15-30(16-14-29)26-9-5-6-12-28-26/h3-12,17H,13-16,18-19H2,1-2H3. The number of methoxy groups -OCH3 is 2. The molecule has 0 atom stereocenters. The number of hydrogen-bond donors (Lipinski definition) is 0. The summed E-state index contributed by atoms with van der Waals surface area (Å²) in [5.41, 5.74) is 2.58. The number of esters is 1. The molecule has 2 aromatic carbocycles. The van der Waals surface area contributed by atoms with Gasteiger partial charge in [0.2, 0.25) is 0 Å². The molecular formula is C27H29N3O4. The van der Waals surface area contributed by atoms with Gasteiger partial charge >= 0.3 is 5.97 Å². The first-order valence-corrected chi connectivity index (χ1v) is 11.3. The number of piperazine rings is 1. The van der Waals surface area contributed by atoms with Crippen LogP contribution >= 0.6 is 0 Å². The van der Waals surface area contributed by atoms with Crippen molar-refractivity contribution in [3.8, 4) is 5.75 Å². The van der Waals surface area contributed by atoms with Crippen LogP contribution in [-0.4, -0.2) is 62.0 Å². The van der Waals surface area contributed by atoms with Gasteiger partial charge in [-0.05, 0) is 41.5 Å². The van der Waals surface area contributed by atoms with Gasteiger partial charge in [0.05, 0.1) is 25.3 Å². The molecule has 0 aliphatic carbocycles. The second-order valence-electron chi connectivity index (χ2n) is 8.23. The second-order valence-corrected chi connectivity index (χ2v) is 8.23. The van der Waals surface area contributed by atoms with Gasteiger partial charge in [0.25, 0.3) is 0 Å². The van der Waals surface area contributed by atoms with E-state index in [0.29, 0.717) is 22.4 Å². The van der Waals surface area contributed by atoms with E-state index in [1.807, 2.05) is 48.7 Å². The van der Waals surface area contributed by atoms with Crippen LogP contribution in [0.3, 0.4) is 0 Å². The lowest BCUT2D eigenvalue weighted by molar-refractivity contribution is 0.0599. The van der Waals surface area contributed by atoms with Crippen LogP contribution in [0.15, 0.2) is 66.9 Å². The Morgan fingerprint density at radius 1 is 0.912 bits per heavy atom. The molecule has 1 saturated heterocycles. The minimum Gasteiger partial charge on any atom is -0.496 e. The van der Waals surface area contributed by atoms with Crippen LogP contribution in [0.4, 0.5) is 5.82 Å². The quantitative estimate of drug-likeness (QED) is 0.376. The summed E-state index contributed by atoms with van der Waals surface area (Å²) in [4.78, 5) is 34.6. The molecule has 1 fully saturated rings. The molecule has 0 N–H and O–H groups in total. The highest BCUT2D eigenvalue weighted by atomic mass is 16.5. The Morgan fingerprint density at radius 3 is 2.38 bits per heavy atom. The van der Waals surface area contributed by atoms with E-state index < -0.39 is 5.97 Å². The van der Waals surface area contributed by atoms with Gasteiger partial charge in [-0.25, -0.2) is 9.78 Å². The minimum atomic E-state index is -0.440. The third-order valence-corrected chi connectivity index (χ3v) is 6.09. The van der Waals surface area contributed by atoms with Crippen LogP contribution in [0.1, 0.15) is 31.8 Å². The molecule has 2 heterocycles. The summed E-state index contributed by atoms with van der Waals surface area (Å²) in [6, 6.07) is 18.8. The number of para-hydroxylation sites is 1. The molecule has 0 radical (unpaired) electrons. The molecular weight excluding hydrogens is 430 g/mol. The first kappa shape index (κ1) is 23.4. The largest absolute Gasteiger partial charge is 0.496 e. The average Bonchev–Trinajstić information content (AvgIpc) is 2.90. The zero-order valence-corrected chi connectivity index (χ0v) is 19.6. The lowest BCUT2D eigenvalue weighted by Gasteiger charge is -2.35. The highest BCUT2D eigenvalue weighted by molar-refractivity contribution is 6.02. The number of anilines is 1. The smallest absolute Gasteiger partial charge is 0.338 e. The highest BCUT2D eigenvalue weighted by Crippen LogP contribution is 2.23. The van der Waals surface area contributed by atoms with Gasteiger partial charge in [-0.3, -0.25) is 9.69 Å². The number of Topliss-reactive ketones (excluding diaryl/α,β-unsaturated/α-hetero) is 1. The lowest BCUT2D eigenvalue weighted by Crippen LogP contribution is -2.46. The molecule has 34 heavy (non-hydrogen) atoms. The molecule has 0 spiro atoms. The van der Waals surface area contributed by atoms with Crippen molar-refractivity contribution >= 4 is 17.6 Å². The van der Waals surface area contributed by atoms with Crippen molar-refractivity contribution < 1.29 is 19.1 Å². The van der Waals surface area contributed by atoms with Crippen molar-refractivity contribution in [1.29, 1.82) is 0 Å². The topological polar surface area (TPSA) is 72.0 Å². The van der Waals surface area contributed by atoms with Gasteiger partial charge in [-0.15, -0.1) is 0 Å². The lowest BCUT2D eigenvalue weighted by atomic mass is 9.96. The van der Waals surface area contributed by atoms with Crippen molar-refractivity contribution in [3.05, 3.63) is 89.1 Å². The molecule has 7 heteroatoms. The fourth-order valence-electron chi connectivity index (χ4n) is 4.25. The van der Waals surface area contributed by atoms with E-state index in [4.69, 9.17) is 9.47 Å². The van der Waals surface area contributed by atoms with Gasteiger partial charge in [-0.1, -0.05) is 30.3 Å². The van der Waals surface area contributed by atoms with E-state index in [0.717, 1.165) is 44.1 Å². The number of nitrogens with zero attached hydrogens (tertiary/aromatic N) is 3. The third kappa shape index (κ3) is 5.43. The summed E-state index contributed by atoms with van der Waals surface area (Å²) in [5, 5.41) is 0. The van der Waals surface area contributed by atoms with Crippen LogP contribution in [0.25, 0.3) is 0 Å². The summed E-state index contributed by atoms with van der Waals surface area (Å²) >= 11 is 0. The molecule has 0 saturated carbocycles. The second kappa shape index (κ2) is 10.9. The molecule has 0 bridgehead atoms. The zero-order chi connectivity index (χ0) is 23.9. The van der Waals surface area contributed by atoms with Crippen LogP contribution in [0, 0.1) is 0 Å². The van der Waals surface area contributed by atoms with E-state index in [9.17, 15) is 9.59 Å². The number of carbonyl (C=O) groups is 2. The summed E-state index contributed by atoms with van der Waals surface area (Å²) < 4.78 is 10.3. The molecule has 1 aliphatic rings. The molecule has 0 amide bonds. The third-order valence-electron chi connectivity index (χ3n) is 6.09. The molecule has 1 aromatic heterocycles. The van der Waals surface area contributed by atoms with E-state index in [1.54, 1.807) is 18.2 Å². The van der Waals surface area contributed by atoms with Crippen molar-refractivity contribution in [1.82, 2.24) is 9.88 Å². The van der Waals surface area contributed by atoms with E-state index in [-0.39, 0.29) is 12.2 Å². The Hall–Kier alpha value is -3.71. The van der Waals surface area contributed by atoms with Crippen LogP contribution in [-0.2, 0) is 17.7 Å². The molecule has 3 aromatic rings. The Bertz CT molecular complexity index is 1140. The molecule has 176 valence electrons. The maximum absolute atomic E-state index is 13.0. The van der Waals surface area contributed by atoms with Gasteiger partial charge in [0.1, 0.15) is 11.6 Å². The monoisotopic (exact) mass is 459 g/mol. The Kier molecular flexibility index (Phi) is 7.54. The normalized spacial score (nSPS) is 14.0. The molecule has 1 aliphatic heterocycles. The maximum atomic E-state index is 13.0. The van der Waals surface area contributed by atoms with E-state index >= 15 is 0 Å². The van der Waals surface area contributed by atoms with Gasteiger partial charge in [0, 0.05) is 45.3 Å². The number of hydrogen-bond acceptors (Lipinski definition) is 7. The average molecular weight is 460 g/mol. The highest BCUT2D eigenvalue weighted by Gasteiger charge is 2.21. The number of rotatable bonds is 8. The van der Waals surface area contributed by atoms with Crippen LogP contribution < -0.4 is 9.64 Å². The van der Waals surface area contributed by atoms with E-state index in [2.05, 4.69) is 14.8 Å². The van der Waals surface area contributed by atoms with Crippen molar-refractivity contribution in [2.45, 2.75) is 13.0 Å². The fourth-order valence-corrected chi connectivity index (χ4v) is 4.25. The SMILES string of the molecule is COC(=O)c1cc(CN2CCN(c3ccccn3)CC2)ccc1CC(=O)c1ccccc1OC. The van der Waals surface area contributed by atoms with Crippen molar-refractivity contribution in [3.63, 3.8) is 0 Å². The predicted octanol–water partition coefficient (Wildman–Crippen LogP) is 3.62. The maximum Gasteiger partial charge on any atom is 0.338 e. The molecule has 7 nitrogen and oxygen atoms in total. The predicted molar refractivity (Wildman–Crippen MR) is 131 cm³/mol. The summed E-state index contributed by atoms with van der Waals surface area (Å²) in [7, 11) is 2.90. The minimum absolute atomic E-state index is 0.0911. The van der Waals surface area contributed by atoms with Crippen LogP contribution in [0.5, 0.6) is 5.75 Å². The zero-order valence-electron chi connectivity index (χ0n) is 19.6. The van der Waals surface area contributed by atoms with Gasteiger partial charge < -0.3 is 14.4 Å². The number of aromatic nitrogens is 1. The number of ether oxygens (including phenoxy) is 2. The van der Waals surface area contributed by atoms with Gasteiger partial charge in [0.15, 0.2) is 5.78 Å². The fraction of sp³-hybridized carbons (Fsp3) is 0.296. The number of pyridine rings is 1. The summed E-state index contributed by atoms with van der Waals surface area (Å²) in [5.74, 6) is 0.971. The van der Waals surface area contributed by atoms with Crippen molar-refractivity contribution in [2.75, 3.05) is 45.3 Å². The number of ketones is 1. The van der Waals surface area contributed by atoms with Crippen LogP contribution in [0.2, 0.25) is 0 Å². The molecule has 4 rings (SSSR count). The number of carbonyl (C=O) groups excluding carboxylic acids is 2. The Balaban J connectivity index is 1.46. The van der Waals surface area contributed by atoms with Crippen molar-refractivity contribution in [2.24, 2.45) is 0 Å².